The molecule has 0 unspecified atom stereocenters. The fourth-order valence-electron chi connectivity index (χ4n) is 7.90. The van der Waals surface area contributed by atoms with Crippen LogP contribution in [0.5, 0.6) is 0 Å². The molecule has 10 aromatic rings. The predicted octanol–water partition coefficient (Wildman–Crippen LogP) is 3.09. The van der Waals surface area contributed by atoms with Crippen molar-refractivity contribution < 1.29 is 4.42 Å². The summed E-state index contributed by atoms with van der Waals surface area (Å²) in [5.41, 5.74) is 8.40. The van der Waals surface area contributed by atoms with E-state index in [0.717, 1.165) is 27.5 Å². The van der Waals surface area contributed by atoms with E-state index in [0.29, 0.717) is 78.2 Å². The normalized spacial score (nSPS) is 11.6. The molecule has 57 heavy (non-hydrogen) atoms. The predicted molar refractivity (Wildman–Crippen MR) is 241 cm³/mol. The molecular formula is C45H21B7N4O. The van der Waals surface area contributed by atoms with Crippen LogP contribution in [0, 0.1) is 0 Å². The summed E-state index contributed by atoms with van der Waals surface area (Å²) in [4.78, 5) is 14.8. The monoisotopic (exact) mass is 710 g/mol. The van der Waals surface area contributed by atoms with E-state index in [1.807, 2.05) is 132 Å². The molecule has 0 N–H and O–H groups in total. The van der Waals surface area contributed by atoms with Crippen LogP contribution in [0.1, 0.15) is 0 Å². The molecule has 3 aromatic heterocycles. The lowest BCUT2D eigenvalue weighted by Crippen LogP contribution is -2.48. The van der Waals surface area contributed by atoms with E-state index in [-0.39, 0.29) is 27.3 Å². The van der Waals surface area contributed by atoms with Gasteiger partial charge < -0.3 is 8.98 Å². The van der Waals surface area contributed by atoms with Crippen LogP contribution in [0.15, 0.2) is 132 Å². The molecule has 0 atom stereocenters. The van der Waals surface area contributed by atoms with Gasteiger partial charge in [0, 0.05) is 44.7 Å². The summed E-state index contributed by atoms with van der Waals surface area (Å²) in [6.45, 7) is 0. The maximum atomic E-state index is 7.12. The van der Waals surface area contributed by atoms with Crippen LogP contribution >= 0.6 is 0 Å². The van der Waals surface area contributed by atoms with Crippen LogP contribution in [0.2, 0.25) is 0 Å². The highest BCUT2D eigenvalue weighted by Crippen LogP contribution is 2.38. The van der Waals surface area contributed by atoms with Crippen molar-refractivity contribution in [1.82, 2.24) is 19.5 Å². The molecule has 0 amide bonds. The van der Waals surface area contributed by atoms with Crippen molar-refractivity contribution in [3.8, 4) is 51.0 Å². The molecule has 10 rings (SSSR count). The summed E-state index contributed by atoms with van der Waals surface area (Å²) < 4.78 is 8.67. The summed E-state index contributed by atoms with van der Waals surface area (Å²) in [5, 5.41) is 2.76. The van der Waals surface area contributed by atoms with Crippen molar-refractivity contribution >= 4 is 137 Å². The van der Waals surface area contributed by atoms with E-state index in [4.69, 9.17) is 74.3 Å². The Morgan fingerprint density at radius 1 is 0.421 bits per heavy atom. The van der Waals surface area contributed by atoms with Crippen molar-refractivity contribution in [3.63, 3.8) is 0 Å². The van der Waals surface area contributed by atoms with Gasteiger partial charge in [-0.2, -0.15) is 0 Å². The number of rotatable bonds is 5. The second kappa shape index (κ2) is 13.4. The number of furan rings is 1. The van der Waals surface area contributed by atoms with Crippen molar-refractivity contribution in [2.24, 2.45) is 0 Å². The second-order valence-electron chi connectivity index (χ2n) is 13.9. The summed E-state index contributed by atoms with van der Waals surface area (Å²) in [6, 6.07) is 41.1. The van der Waals surface area contributed by atoms with E-state index in [9.17, 15) is 0 Å². The molecule has 0 saturated heterocycles. The molecule has 0 aliphatic carbocycles. The number of hydrogen-bond acceptors (Lipinski definition) is 4. The van der Waals surface area contributed by atoms with Gasteiger partial charge in [0.05, 0.1) is 5.56 Å². The minimum atomic E-state index is 0.146. The lowest BCUT2D eigenvalue weighted by Gasteiger charge is -2.19. The SMILES string of the molecule is [B]c1c([B])c([B])c2c(c1[B])c1c([B])c([B])c(-c3ccccc3)c([B])c1n2-c1ccc2c(c1)oc1c(-c3nc(-c4ccccc4)nc(-c4ccccc4)n3)cccc12. The number of aromatic nitrogens is 4. The molecule has 0 saturated carbocycles. The first-order valence-corrected chi connectivity index (χ1v) is 18.2. The lowest BCUT2D eigenvalue weighted by atomic mass is 9.64. The Labute approximate surface area is 337 Å². The van der Waals surface area contributed by atoms with Gasteiger partial charge >= 0.3 is 0 Å². The van der Waals surface area contributed by atoms with E-state index in [1.54, 1.807) is 0 Å². The Hall–Kier alpha value is -6.40. The van der Waals surface area contributed by atoms with Crippen LogP contribution in [-0.2, 0) is 0 Å². The highest BCUT2D eigenvalue weighted by Gasteiger charge is 2.25. The number of hydrogen-bond donors (Lipinski definition) is 0. The zero-order chi connectivity index (χ0) is 39.1. The summed E-state index contributed by atoms with van der Waals surface area (Å²) in [5.74, 6) is 1.57. The minimum Gasteiger partial charge on any atom is -0.455 e. The van der Waals surface area contributed by atoms with Gasteiger partial charge in [0.1, 0.15) is 66.1 Å². The molecule has 0 aliphatic rings. The van der Waals surface area contributed by atoms with E-state index in [1.165, 1.54) is 0 Å². The maximum Gasteiger partial charge on any atom is 0.167 e. The highest BCUT2D eigenvalue weighted by atomic mass is 16.3. The molecule has 12 heteroatoms. The highest BCUT2D eigenvalue weighted by molar-refractivity contribution is 6.69. The average Bonchev–Trinajstić information content (AvgIpc) is 3.82. The third-order valence-corrected chi connectivity index (χ3v) is 10.7. The Kier molecular flexibility index (Phi) is 8.22. The Balaban J connectivity index is 1.24. The summed E-state index contributed by atoms with van der Waals surface area (Å²) >= 11 is 0. The minimum absolute atomic E-state index is 0.146. The molecule has 0 spiro atoms. The smallest absolute Gasteiger partial charge is 0.167 e. The van der Waals surface area contributed by atoms with Gasteiger partial charge in [-0.15, -0.1) is 10.9 Å². The lowest BCUT2D eigenvalue weighted by molar-refractivity contribution is 0.669. The van der Waals surface area contributed by atoms with Gasteiger partial charge in [0.2, 0.25) is 0 Å². The van der Waals surface area contributed by atoms with Crippen molar-refractivity contribution in [3.05, 3.63) is 127 Å². The largest absolute Gasteiger partial charge is 0.455 e. The van der Waals surface area contributed by atoms with Crippen LogP contribution in [0.25, 0.3) is 94.7 Å². The van der Waals surface area contributed by atoms with E-state index >= 15 is 0 Å². The van der Waals surface area contributed by atoms with Gasteiger partial charge in [-0.3, -0.25) is 0 Å². The van der Waals surface area contributed by atoms with Gasteiger partial charge in [0.15, 0.2) is 17.5 Å². The molecule has 0 fully saturated rings. The van der Waals surface area contributed by atoms with Crippen molar-refractivity contribution in [2.45, 2.75) is 0 Å². The topological polar surface area (TPSA) is 56.7 Å². The van der Waals surface area contributed by atoms with Gasteiger partial charge in [-0.05, 0) is 40.1 Å². The fraction of sp³-hybridized carbons (Fsp3) is 0. The molecule has 0 aliphatic heterocycles. The molecule has 3 heterocycles. The third-order valence-electron chi connectivity index (χ3n) is 10.7. The zero-order valence-electron chi connectivity index (χ0n) is 30.4. The number of benzene rings is 7. The van der Waals surface area contributed by atoms with E-state index in [2.05, 4.69) is 0 Å². The molecule has 14 radical (unpaired) electrons. The molecule has 7 aromatic carbocycles. The first-order valence-electron chi connectivity index (χ1n) is 18.2. The summed E-state index contributed by atoms with van der Waals surface area (Å²) in [6.07, 6.45) is 0. The molecule has 0 bridgehead atoms. The quantitative estimate of drug-likeness (QED) is 0.258. The van der Waals surface area contributed by atoms with Gasteiger partial charge in [-0.25, -0.2) is 15.0 Å². The van der Waals surface area contributed by atoms with Crippen LogP contribution in [0.3, 0.4) is 0 Å². The number of nitrogens with zero attached hydrogens (tertiary/aromatic N) is 4. The first kappa shape index (κ1) is 35.0. The molecule has 5 nitrogen and oxygen atoms in total. The zero-order valence-corrected chi connectivity index (χ0v) is 30.4. The fourth-order valence-corrected chi connectivity index (χ4v) is 7.90. The van der Waals surface area contributed by atoms with Crippen LogP contribution in [0.4, 0.5) is 0 Å². The average molecular weight is 709 g/mol. The molecule has 248 valence electrons. The van der Waals surface area contributed by atoms with Crippen LogP contribution < -0.4 is 38.2 Å². The standard InChI is InChI=1S/C45H21B7N4O/c46-33-30(22-11-4-1-5-12-22)36(49)40-31(34(33)47)32-35(48)37(50)38(51)39(52)41(32)56(40)25-19-20-26-27-17-10-18-28(42(27)57-29(26)21-25)45-54-43(23-13-6-2-7-14-23)53-44(55-45)24-15-8-3-9-16-24/h1-21H. The van der Waals surface area contributed by atoms with Crippen LogP contribution in [-0.4, -0.2) is 74.4 Å². The third kappa shape index (κ3) is 5.38. The first-order chi connectivity index (χ1) is 27.7. The number of fused-ring (bicyclic) bond motifs is 6. The molecular weight excluding hydrogens is 688 g/mol. The van der Waals surface area contributed by atoms with Crippen molar-refractivity contribution in [2.75, 3.05) is 0 Å². The Bertz CT molecular complexity index is 3200. The van der Waals surface area contributed by atoms with Crippen molar-refractivity contribution in [1.29, 1.82) is 0 Å². The Morgan fingerprint density at radius 2 is 0.947 bits per heavy atom. The maximum absolute atomic E-state index is 7.12. The van der Waals surface area contributed by atoms with E-state index < -0.39 is 0 Å². The van der Waals surface area contributed by atoms with Gasteiger partial charge in [0.25, 0.3) is 0 Å². The Morgan fingerprint density at radius 3 is 1.56 bits per heavy atom. The number of para-hydroxylation sites is 1. The van der Waals surface area contributed by atoms with Gasteiger partial charge in [-0.1, -0.05) is 130 Å². The second-order valence-corrected chi connectivity index (χ2v) is 13.9. The summed E-state index contributed by atoms with van der Waals surface area (Å²) in [7, 11) is 47.2.